The van der Waals surface area contributed by atoms with Gasteiger partial charge in [-0.1, -0.05) is 39.5 Å². The van der Waals surface area contributed by atoms with Crippen LogP contribution in [0.2, 0.25) is 0 Å². The van der Waals surface area contributed by atoms with Gasteiger partial charge in [0, 0.05) is 23.6 Å². The van der Waals surface area contributed by atoms with Crippen LogP contribution in [0.4, 0.5) is 5.82 Å². The molecule has 0 amide bonds. The molecule has 0 saturated carbocycles. The maximum atomic E-state index is 6.19. The van der Waals surface area contributed by atoms with Crippen molar-refractivity contribution in [1.29, 1.82) is 0 Å². The van der Waals surface area contributed by atoms with E-state index in [1.807, 2.05) is 0 Å². The van der Waals surface area contributed by atoms with Crippen molar-refractivity contribution in [2.24, 2.45) is 0 Å². The van der Waals surface area contributed by atoms with Crippen LogP contribution < -0.4 is 5.32 Å². The number of hydrogen-bond donors (Lipinski definition) is 1. The molecule has 0 spiro atoms. The fraction of sp³-hybridized carbons (Fsp3) is 0.727. The molecule has 162 valence electrons. The van der Waals surface area contributed by atoms with E-state index in [0.29, 0.717) is 6.61 Å². The van der Waals surface area contributed by atoms with Crippen molar-refractivity contribution in [3.63, 3.8) is 0 Å². The summed E-state index contributed by atoms with van der Waals surface area (Å²) < 4.78 is 6.19. The smallest absolute Gasteiger partial charge is 0.190 e. The second kappa shape index (κ2) is 10.4. The van der Waals surface area contributed by atoms with E-state index in [-0.39, 0.29) is 5.60 Å². The number of ether oxygens (including phenoxy) is 1. The van der Waals surface area contributed by atoms with Crippen molar-refractivity contribution in [2.45, 2.75) is 77.7 Å². The molecule has 0 aliphatic carbocycles. The standard InChI is InChI=1S/C22H36N4OS2/c1-6-13-28-21-24-19(23-11-10-12-26(8-3)9-4)18-16-14-22(5,7-2)27-15-17(16)29-20(18)25-21/h6-15H2,1-5H3,(H,23,24,25). The summed E-state index contributed by atoms with van der Waals surface area (Å²) >= 11 is 3.54. The van der Waals surface area contributed by atoms with Gasteiger partial charge in [-0.15, -0.1) is 11.3 Å². The average molecular weight is 437 g/mol. The van der Waals surface area contributed by atoms with Gasteiger partial charge in [0.2, 0.25) is 0 Å². The van der Waals surface area contributed by atoms with Crippen molar-refractivity contribution in [3.05, 3.63) is 10.4 Å². The zero-order valence-corrected chi connectivity index (χ0v) is 20.3. The van der Waals surface area contributed by atoms with E-state index < -0.39 is 0 Å². The first kappa shape index (κ1) is 22.8. The normalized spacial score (nSPS) is 19.1. The summed E-state index contributed by atoms with van der Waals surface area (Å²) in [6.45, 7) is 16.1. The number of anilines is 1. The third-order valence-corrected chi connectivity index (χ3v) is 7.99. The summed E-state index contributed by atoms with van der Waals surface area (Å²) in [5.41, 5.74) is 1.32. The second-order valence-corrected chi connectivity index (χ2v) is 10.1. The number of thioether (sulfide) groups is 1. The van der Waals surface area contributed by atoms with Crippen molar-refractivity contribution in [1.82, 2.24) is 14.9 Å². The number of aromatic nitrogens is 2. The van der Waals surface area contributed by atoms with E-state index in [9.17, 15) is 0 Å². The Bertz CT molecular complexity index is 806. The average Bonchev–Trinajstić information content (AvgIpc) is 3.09. The molecule has 1 atom stereocenters. The lowest BCUT2D eigenvalue weighted by Gasteiger charge is -2.33. The maximum absolute atomic E-state index is 6.19. The SMILES string of the molecule is CCCSc1nc(NCCCN(CC)CC)c2c3c(sc2n1)COC(C)(CC)C3. The number of hydrogen-bond acceptors (Lipinski definition) is 7. The summed E-state index contributed by atoms with van der Waals surface area (Å²) in [7, 11) is 0. The van der Waals surface area contributed by atoms with Crippen molar-refractivity contribution in [2.75, 3.05) is 37.2 Å². The van der Waals surface area contributed by atoms with Crippen LogP contribution in [0, 0.1) is 0 Å². The molecule has 0 saturated heterocycles. The number of fused-ring (bicyclic) bond motifs is 3. The molecular weight excluding hydrogens is 400 g/mol. The number of rotatable bonds is 11. The van der Waals surface area contributed by atoms with Crippen molar-refractivity contribution in [3.8, 4) is 0 Å². The van der Waals surface area contributed by atoms with Crippen LogP contribution in [0.25, 0.3) is 10.2 Å². The predicted molar refractivity (Wildman–Crippen MR) is 127 cm³/mol. The highest BCUT2D eigenvalue weighted by Crippen LogP contribution is 2.42. The lowest BCUT2D eigenvalue weighted by Crippen LogP contribution is -2.34. The molecule has 5 nitrogen and oxygen atoms in total. The van der Waals surface area contributed by atoms with Gasteiger partial charge in [-0.2, -0.15) is 0 Å². The number of nitrogens with one attached hydrogen (secondary N) is 1. The summed E-state index contributed by atoms with van der Waals surface area (Å²) in [4.78, 5) is 14.7. The zero-order chi connectivity index (χ0) is 20.9. The lowest BCUT2D eigenvalue weighted by atomic mass is 9.90. The highest BCUT2D eigenvalue weighted by molar-refractivity contribution is 7.99. The highest BCUT2D eigenvalue weighted by Gasteiger charge is 2.33. The first-order valence-corrected chi connectivity index (χ1v) is 12.9. The minimum absolute atomic E-state index is 0.0866. The third kappa shape index (κ3) is 5.43. The highest BCUT2D eigenvalue weighted by atomic mass is 32.2. The van der Waals surface area contributed by atoms with Gasteiger partial charge in [0.1, 0.15) is 10.6 Å². The Morgan fingerprint density at radius 2 is 2.00 bits per heavy atom. The van der Waals surface area contributed by atoms with Gasteiger partial charge in [-0.3, -0.25) is 0 Å². The molecule has 0 fully saturated rings. The van der Waals surface area contributed by atoms with Crippen molar-refractivity contribution < 1.29 is 4.74 Å². The molecule has 29 heavy (non-hydrogen) atoms. The summed E-state index contributed by atoms with van der Waals surface area (Å²) in [5, 5.41) is 5.79. The summed E-state index contributed by atoms with van der Waals surface area (Å²) in [6, 6.07) is 0. The molecule has 1 aliphatic heterocycles. The lowest BCUT2D eigenvalue weighted by molar-refractivity contribution is -0.0542. The molecule has 3 rings (SSSR count). The van der Waals surface area contributed by atoms with Gasteiger partial charge in [-0.05, 0) is 51.4 Å². The predicted octanol–water partition coefficient (Wildman–Crippen LogP) is 5.58. The van der Waals surface area contributed by atoms with Crippen LogP contribution in [-0.4, -0.2) is 52.4 Å². The minimum Gasteiger partial charge on any atom is -0.369 e. The first-order valence-electron chi connectivity index (χ1n) is 11.1. The van der Waals surface area contributed by atoms with Gasteiger partial charge < -0.3 is 15.0 Å². The fourth-order valence-corrected chi connectivity index (χ4v) is 5.57. The molecule has 7 heteroatoms. The van der Waals surface area contributed by atoms with Crippen LogP contribution in [0.15, 0.2) is 5.16 Å². The van der Waals surface area contributed by atoms with E-state index in [2.05, 4.69) is 44.8 Å². The number of nitrogens with zero attached hydrogens (tertiary/aromatic N) is 3. The van der Waals surface area contributed by atoms with E-state index in [1.165, 1.54) is 15.8 Å². The molecule has 0 radical (unpaired) electrons. The summed E-state index contributed by atoms with van der Waals surface area (Å²) in [5.74, 6) is 2.07. The van der Waals surface area contributed by atoms with Crippen LogP contribution >= 0.6 is 23.1 Å². The molecular formula is C22H36N4OS2. The van der Waals surface area contributed by atoms with Gasteiger partial charge in [0.15, 0.2) is 5.16 Å². The van der Waals surface area contributed by atoms with Crippen LogP contribution in [0.3, 0.4) is 0 Å². The largest absolute Gasteiger partial charge is 0.369 e. The van der Waals surface area contributed by atoms with Gasteiger partial charge in [0.05, 0.1) is 17.6 Å². The van der Waals surface area contributed by atoms with Crippen molar-refractivity contribution >= 4 is 39.1 Å². The molecule has 2 aromatic rings. The molecule has 1 unspecified atom stereocenters. The zero-order valence-electron chi connectivity index (χ0n) is 18.6. The van der Waals surface area contributed by atoms with E-state index in [4.69, 9.17) is 14.7 Å². The maximum Gasteiger partial charge on any atom is 0.190 e. The van der Waals surface area contributed by atoms with Gasteiger partial charge >= 0.3 is 0 Å². The second-order valence-electron chi connectivity index (χ2n) is 7.96. The minimum atomic E-state index is -0.0866. The Balaban J connectivity index is 1.87. The quantitative estimate of drug-likeness (QED) is 0.282. The Morgan fingerprint density at radius 1 is 1.21 bits per heavy atom. The Hall–Kier alpha value is -0.890. The van der Waals surface area contributed by atoms with E-state index >= 15 is 0 Å². The molecule has 2 aromatic heterocycles. The fourth-order valence-electron chi connectivity index (χ4n) is 3.71. The monoisotopic (exact) mass is 436 g/mol. The molecule has 3 heterocycles. The van der Waals surface area contributed by atoms with Crippen LogP contribution in [0.1, 0.15) is 64.3 Å². The Labute approximate surface area is 184 Å². The van der Waals surface area contributed by atoms with Gasteiger partial charge in [0.25, 0.3) is 0 Å². The van der Waals surface area contributed by atoms with Gasteiger partial charge in [-0.25, -0.2) is 9.97 Å². The topological polar surface area (TPSA) is 50.3 Å². The van der Waals surface area contributed by atoms with Crippen LogP contribution in [-0.2, 0) is 17.8 Å². The summed E-state index contributed by atoms with van der Waals surface area (Å²) in [6.07, 6.45) is 4.20. The first-order chi connectivity index (χ1) is 14.0. The molecule has 1 aliphatic rings. The number of thiophene rings is 1. The van der Waals surface area contributed by atoms with E-state index in [0.717, 1.165) is 73.4 Å². The molecule has 0 aromatic carbocycles. The Morgan fingerprint density at radius 3 is 2.69 bits per heavy atom. The molecule has 0 bridgehead atoms. The third-order valence-electron chi connectivity index (χ3n) is 5.84. The van der Waals surface area contributed by atoms with E-state index in [1.54, 1.807) is 23.1 Å². The van der Waals surface area contributed by atoms with Crippen LogP contribution in [0.5, 0.6) is 0 Å². The Kier molecular flexibility index (Phi) is 8.19. The molecule has 1 N–H and O–H groups in total.